The summed E-state index contributed by atoms with van der Waals surface area (Å²) >= 11 is 0. The Balaban J connectivity index is 1.78. The van der Waals surface area contributed by atoms with Gasteiger partial charge >= 0.3 is 6.03 Å². The highest BCUT2D eigenvalue weighted by molar-refractivity contribution is 5.73. The van der Waals surface area contributed by atoms with Crippen LogP contribution in [0.4, 0.5) is 9.18 Å². The third-order valence-electron chi connectivity index (χ3n) is 2.95. The minimum atomic E-state index is -0.291. The fraction of sp³-hybridized carbons (Fsp3) is 0.188. The molecule has 0 saturated heterocycles. The SMILES string of the molecule is COc1cccc(CNC(=O)NCc2ccc(F)cc2)c1. The fourth-order valence-corrected chi connectivity index (χ4v) is 1.81. The summed E-state index contributed by atoms with van der Waals surface area (Å²) in [5, 5.41) is 5.47. The maximum atomic E-state index is 12.7. The average molecular weight is 288 g/mol. The van der Waals surface area contributed by atoms with Crippen LogP contribution in [0.5, 0.6) is 5.75 Å². The lowest BCUT2D eigenvalue weighted by atomic mass is 10.2. The molecule has 21 heavy (non-hydrogen) atoms. The van der Waals surface area contributed by atoms with Crippen molar-refractivity contribution in [3.05, 3.63) is 65.5 Å². The van der Waals surface area contributed by atoms with Gasteiger partial charge in [-0.3, -0.25) is 0 Å². The number of methoxy groups -OCH3 is 1. The first-order chi connectivity index (χ1) is 10.2. The van der Waals surface area contributed by atoms with Crippen LogP contribution in [0.3, 0.4) is 0 Å². The molecule has 0 fully saturated rings. The normalized spacial score (nSPS) is 10.0. The first-order valence-electron chi connectivity index (χ1n) is 6.56. The van der Waals surface area contributed by atoms with Gasteiger partial charge in [0.1, 0.15) is 11.6 Å². The summed E-state index contributed by atoms with van der Waals surface area (Å²) in [5.74, 6) is 0.460. The van der Waals surface area contributed by atoms with Gasteiger partial charge in [0.2, 0.25) is 0 Å². The molecule has 110 valence electrons. The van der Waals surface area contributed by atoms with Gasteiger partial charge in [-0.2, -0.15) is 0 Å². The lowest BCUT2D eigenvalue weighted by Crippen LogP contribution is -2.34. The summed E-state index contributed by atoms with van der Waals surface area (Å²) in [6, 6.07) is 13.2. The lowest BCUT2D eigenvalue weighted by molar-refractivity contribution is 0.240. The van der Waals surface area contributed by atoms with E-state index >= 15 is 0 Å². The molecular weight excluding hydrogens is 271 g/mol. The number of carbonyl (C=O) groups is 1. The molecule has 0 saturated carbocycles. The van der Waals surface area contributed by atoms with E-state index in [2.05, 4.69) is 10.6 Å². The molecule has 2 amide bonds. The van der Waals surface area contributed by atoms with E-state index in [1.165, 1.54) is 12.1 Å². The van der Waals surface area contributed by atoms with Gasteiger partial charge in [-0.25, -0.2) is 9.18 Å². The third-order valence-corrected chi connectivity index (χ3v) is 2.95. The zero-order chi connectivity index (χ0) is 15.1. The summed E-state index contributed by atoms with van der Waals surface area (Å²) in [5.41, 5.74) is 1.79. The molecule has 0 heterocycles. The number of urea groups is 1. The molecular formula is C16H17FN2O2. The van der Waals surface area contributed by atoms with Crippen molar-refractivity contribution in [3.8, 4) is 5.75 Å². The number of benzene rings is 2. The molecule has 0 aliphatic rings. The Morgan fingerprint density at radius 1 is 1.05 bits per heavy atom. The second kappa shape index (κ2) is 7.28. The van der Waals surface area contributed by atoms with Crippen LogP contribution >= 0.6 is 0 Å². The number of carbonyl (C=O) groups excluding carboxylic acids is 1. The Hall–Kier alpha value is -2.56. The van der Waals surface area contributed by atoms with Crippen molar-refractivity contribution in [1.82, 2.24) is 10.6 Å². The molecule has 4 nitrogen and oxygen atoms in total. The van der Waals surface area contributed by atoms with Gasteiger partial charge in [-0.1, -0.05) is 24.3 Å². The maximum absolute atomic E-state index is 12.7. The largest absolute Gasteiger partial charge is 0.497 e. The summed E-state index contributed by atoms with van der Waals surface area (Å²) in [6.07, 6.45) is 0. The second-order valence-electron chi connectivity index (χ2n) is 4.51. The van der Waals surface area contributed by atoms with Crippen molar-refractivity contribution < 1.29 is 13.9 Å². The number of hydrogen-bond donors (Lipinski definition) is 2. The Bertz CT molecular complexity index is 599. The molecule has 2 rings (SSSR count). The van der Waals surface area contributed by atoms with Gasteiger partial charge in [0.05, 0.1) is 7.11 Å². The predicted molar refractivity (Wildman–Crippen MR) is 78.5 cm³/mol. The standard InChI is InChI=1S/C16H17FN2O2/c1-21-15-4-2-3-13(9-15)11-19-16(20)18-10-12-5-7-14(17)8-6-12/h2-9H,10-11H2,1H3,(H2,18,19,20). The average Bonchev–Trinajstić information content (AvgIpc) is 2.52. The number of nitrogens with one attached hydrogen (secondary N) is 2. The summed E-state index contributed by atoms with van der Waals surface area (Å²) in [4.78, 5) is 11.7. The van der Waals surface area contributed by atoms with Gasteiger partial charge in [-0.15, -0.1) is 0 Å². The van der Waals surface area contributed by atoms with Gasteiger partial charge < -0.3 is 15.4 Å². The number of ether oxygens (including phenoxy) is 1. The van der Waals surface area contributed by atoms with Crippen LogP contribution in [0, 0.1) is 5.82 Å². The van der Waals surface area contributed by atoms with Crippen molar-refractivity contribution in [2.24, 2.45) is 0 Å². The monoisotopic (exact) mass is 288 g/mol. The molecule has 2 N–H and O–H groups in total. The Kier molecular flexibility index (Phi) is 5.15. The van der Waals surface area contributed by atoms with E-state index in [1.54, 1.807) is 19.2 Å². The highest BCUT2D eigenvalue weighted by atomic mass is 19.1. The quantitative estimate of drug-likeness (QED) is 0.889. The molecule has 2 aromatic rings. The second-order valence-corrected chi connectivity index (χ2v) is 4.51. The van der Waals surface area contributed by atoms with Crippen LogP contribution in [0.25, 0.3) is 0 Å². The zero-order valence-electron chi connectivity index (χ0n) is 11.7. The Morgan fingerprint density at radius 3 is 2.38 bits per heavy atom. The van der Waals surface area contributed by atoms with Crippen molar-refractivity contribution >= 4 is 6.03 Å². The third kappa shape index (κ3) is 4.80. The van der Waals surface area contributed by atoms with E-state index in [1.807, 2.05) is 24.3 Å². The molecule has 0 aliphatic heterocycles. The molecule has 5 heteroatoms. The minimum Gasteiger partial charge on any atom is -0.497 e. The topological polar surface area (TPSA) is 50.4 Å². The highest BCUT2D eigenvalue weighted by Crippen LogP contribution is 2.12. The summed E-state index contributed by atoms with van der Waals surface area (Å²) in [7, 11) is 1.60. The van der Waals surface area contributed by atoms with Gasteiger partial charge in [0.25, 0.3) is 0 Å². The first-order valence-corrected chi connectivity index (χ1v) is 6.56. The van der Waals surface area contributed by atoms with Crippen LogP contribution < -0.4 is 15.4 Å². The van der Waals surface area contributed by atoms with Crippen LogP contribution in [-0.4, -0.2) is 13.1 Å². The van der Waals surface area contributed by atoms with Crippen molar-refractivity contribution in [2.45, 2.75) is 13.1 Å². The van der Waals surface area contributed by atoms with Crippen molar-refractivity contribution in [3.63, 3.8) is 0 Å². The van der Waals surface area contributed by atoms with Gasteiger partial charge in [0.15, 0.2) is 0 Å². The van der Waals surface area contributed by atoms with E-state index in [0.717, 1.165) is 16.9 Å². The van der Waals surface area contributed by atoms with E-state index in [-0.39, 0.29) is 11.8 Å². The Labute approximate surface area is 122 Å². The van der Waals surface area contributed by atoms with Crippen molar-refractivity contribution in [1.29, 1.82) is 0 Å². The smallest absolute Gasteiger partial charge is 0.315 e. The van der Waals surface area contributed by atoms with E-state index in [0.29, 0.717) is 13.1 Å². The van der Waals surface area contributed by atoms with E-state index in [4.69, 9.17) is 4.74 Å². The first kappa shape index (κ1) is 14.8. The molecule has 2 aromatic carbocycles. The molecule has 0 radical (unpaired) electrons. The number of halogens is 1. The highest BCUT2D eigenvalue weighted by Gasteiger charge is 2.02. The van der Waals surface area contributed by atoms with Crippen LogP contribution in [0.15, 0.2) is 48.5 Å². The molecule has 0 bridgehead atoms. The Morgan fingerprint density at radius 2 is 1.71 bits per heavy atom. The van der Waals surface area contributed by atoms with Gasteiger partial charge in [0, 0.05) is 13.1 Å². The minimum absolute atomic E-state index is 0.276. The summed E-state index contributed by atoms with van der Waals surface area (Å²) in [6.45, 7) is 0.761. The van der Waals surface area contributed by atoms with Crippen molar-refractivity contribution in [2.75, 3.05) is 7.11 Å². The van der Waals surface area contributed by atoms with E-state index in [9.17, 15) is 9.18 Å². The number of hydrogen-bond acceptors (Lipinski definition) is 2. The van der Waals surface area contributed by atoms with Crippen LogP contribution in [-0.2, 0) is 13.1 Å². The van der Waals surface area contributed by atoms with Crippen LogP contribution in [0.2, 0.25) is 0 Å². The molecule has 0 atom stereocenters. The molecule has 0 spiro atoms. The lowest BCUT2D eigenvalue weighted by Gasteiger charge is -2.08. The molecule has 0 aromatic heterocycles. The van der Waals surface area contributed by atoms with E-state index < -0.39 is 0 Å². The number of amides is 2. The molecule has 0 unspecified atom stereocenters. The summed E-state index contributed by atoms with van der Waals surface area (Å²) < 4.78 is 17.9. The van der Waals surface area contributed by atoms with Crippen LogP contribution in [0.1, 0.15) is 11.1 Å². The predicted octanol–water partition coefficient (Wildman–Crippen LogP) is 2.83. The maximum Gasteiger partial charge on any atom is 0.315 e. The zero-order valence-corrected chi connectivity index (χ0v) is 11.7. The number of rotatable bonds is 5. The fourth-order valence-electron chi connectivity index (χ4n) is 1.81. The molecule has 0 aliphatic carbocycles. The van der Waals surface area contributed by atoms with Gasteiger partial charge in [-0.05, 0) is 35.4 Å².